The van der Waals surface area contributed by atoms with Gasteiger partial charge >= 0.3 is 5.97 Å². The van der Waals surface area contributed by atoms with E-state index in [1.54, 1.807) is 6.07 Å². The number of esters is 1. The molecular weight excluding hydrogens is 402 g/mol. The number of Topliss-reactive ketones (excluding diaryl/α,β-unsaturated/α-hetero) is 1. The SMILES string of the molecule is COC(=O)c1ccccc1C(C)c1cc(C)cc2c1OC1=C3CCCCC3NCC1C2=O. The third kappa shape index (κ3) is 3.36. The Labute approximate surface area is 188 Å². The summed E-state index contributed by atoms with van der Waals surface area (Å²) >= 11 is 0. The van der Waals surface area contributed by atoms with Crippen LogP contribution in [-0.2, 0) is 4.74 Å². The molecule has 2 aromatic carbocycles. The van der Waals surface area contributed by atoms with Crippen molar-refractivity contribution in [1.82, 2.24) is 5.32 Å². The van der Waals surface area contributed by atoms with Gasteiger partial charge in [-0.2, -0.15) is 0 Å². The summed E-state index contributed by atoms with van der Waals surface area (Å²) in [5.41, 5.74) is 5.25. The van der Waals surface area contributed by atoms with Gasteiger partial charge in [0.1, 0.15) is 11.5 Å². The van der Waals surface area contributed by atoms with Gasteiger partial charge in [-0.3, -0.25) is 4.79 Å². The monoisotopic (exact) mass is 431 g/mol. The van der Waals surface area contributed by atoms with E-state index in [1.807, 2.05) is 31.2 Å². The van der Waals surface area contributed by atoms with E-state index < -0.39 is 0 Å². The maximum atomic E-state index is 13.6. The molecule has 166 valence electrons. The number of rotatable bonds is 3. The van der Waals surface area contributed by atoms with Crippen LogP contribution in [0.25, 0.3) is 0 Å². The van der Waals surface area contributed by atoms with Crippen LogP contribution in [0.5, 0.6) is 5.75 Å². The number of carbonyl (C=O) groups excluding carboxylic acids is 2. The first-order valence-electron chi connectivity index (χ1n) is 11.5. The predicted octanol–water partition coefficient (Wildman–Crippen LogP) is 4.92. The number of hydrogen-bond acceptors (Lipinski definition) is 5. The molecular formula is C27H29NO4. The molecule has 3 aliphatic rings. The van der Waals surface area contributed by atoms with E-state index in [0.29, 0.717) is 29.5 Å². The second kappa shape index (κ2) is 8.21. The molecule has 0 bridgehead atoms. The first-order chi connectivity index (χ1) is 15.5. The molecule has 3 unspecified atom stereocenters. The van der Waals surface area contributed by atoms with Crippen molar-refractivity contribution in [1.29, 1.82) is 0 Å². The van der Waals surface area contributed by atoms with Crippen molar-refractivity contribution in [2.45, 2.75) is 51.5 Å². The Hall–Kier alpha value is -2.92. The highest BCUT2D eigenvalue weighted by molar-refractivity contribution is 6.04. The molecule has 32 heavy (non-hydrogen) atoms. The summed E-state index contributed by atoms with van der Waals surface area (Å²) in [6.07, 6.45) is 4.42. The third-order valence-corrected chi connectivity index (χ3v) is 7.17. The highest BCUT2D eigenvalue weighted by atomic mass is 16.5. The van der Waals surface area contributed by atoms with Crippen LogP contribution < -0.4 is 10.1 Å². The summed E-state index contributed by atoms with van der Waals surface area (Å²) in [6.45, 7) is 4.69. The van der Waals surface area contributed by atoms with Gasteiger partial charge in [0.05, 0.1) is 24.2 Å². The largest absolute Gasteiger partial charge is 0.465 e. The smallest absolute Gasteiger partial charge is 0.338 e. The van der Waals surface area contributed by atoms with Crippen molar-refractivity contribution < 1.29 is 19.1 Å². The summed E-state index contributed by atoms with van der Waals surface area (Å²) < 4.78 is 11.6. The lowest BCUT2D eigenvalue weighted by Crippen LogP contribution is -2.47. The molecule has 0 spiro atoms. The predicted molar refractivity (Wildman–Crippen MR) is 122 cm³/mol. The molecule has 5 heteroatoms. The van der Waals surface area contributed by atoms with Gasteiger partial charge in [-0.05, 0) is 55.0 Å². The first-order valence-corrected chi connectivity index (χ1v) is 11.5. The van der Waals surface area contributed by atoms with Crippen LogP contribution in [0.15, 0.2) is 47.7 Å². The standard InChI is InChI=1S/C27H29NO4/c1-15-12-20(16(2)17-8-4-5-9-18(17)27(30)31-3)26-21(13-15)24(29)22-14-28-23-11-7-6-10-19(23)25(22)32-26/h4-5,8-9,12-13,16,22-23,28H,6-7,10-11,14H2,1-3H3. The average Bonchev–Trinajstić information content (AvgIpc) is 2.83. The summed E-state index contributed by atoms with van der Waals surface area (Å²) in [5, 5.41) is 3.58. The summed E-state index contributed by atoms with van der Waals surface area (Å²) in [7, 11) is 1.39. The van der Waals surface area contributed by atoms with Gasteiger partial charge in [-0.25, -0.2) is 4.79 Å². The van der Waals surface area contributed by atoms with Gasteiger partial charge in [-0.1, -0.05) is 37.6 Å². The first kappa shape index (κ1) is 21.0. The number of benzene rings is 2. The van der Waals surface area contributed by atoms with Crippen LogP contribution in [0.4, 0.5) is 0 Å². The number of methoxy groups -OCH3 is 1. The van der Waals surface area contributed by atoms with E-state index >= 15 is 0 Å². The van der Waals surface area contributed by atoms with E-state index in [4.69, 9.17) is 9.47 Å². The lowest BCUT2D eigenvalue weighted by molar-refractivity contribution is 0.0599. The zero-order chi connectivity index (χ0) is 22.4. The molecule has 2 aliphatic heterocycles. The van der Waals surface area contributed by atoms with Gasteiger partial charge in [-0.15, -0.1) is 0 Å². The molecule has 0 amide bonds. The minimum absolute atomic E-state index is 0.128. The van der Waals surface area contributed by atoms with Gasteiger partial charge in [0.2, 0.25) is 0 Å². The number of hydrogen-bond donors (Lipinski definition) is 1. The molecule has 0 aromatic heterocycles. The fraction of sp³-hybridized carbons (Fsp3) is 0.407. The number of ether oxygens (including phenoxy) is 2. The van der Waals surface area contributed by atoms with Crippen LogP contribution in [0, 0.1) is 12.8 Å². The molecule has 1 aliphatic carbocycles. The Morgan fingerprint density at radius 1 is 1.19 bits per heavy atom. The van der Waals surface area contributed by atoms with Gasteiger partial charge in [0.15, 0.2) is 5.78 Å². The highest BCUT2D eigenvalue weighted by Crippen LogP contribution is 2.45. The average molecular weight is 432 g/mol. The molecule has 1 N–H and O–H groups in total. The fourth-order valence-electron chi connectivity index (χ4n) is 5.51. The maximum Gasteiger partial charge on any atom is 0.338 e. The zero-order valence-corrected chi connectivity index (χ0v) is 18.9. The Morgan fingerprint density at radius 2 is 2.00 bits per heavy atom. The molecule has 5 nitrogen and oxygen atoms in total. The fourth-order valence-corrected chi connectivity index (χ4v) is 5.51. The van der Waals surface area contributed by atoms with Crippen molar-refractivity contribution in [2.24, 2.45) is 5.92 Å². The lowest BCUT2D eigenvalue weighted by atomic mass is 9.78. The lowest BCUT2D eigenvalue weighted by Gasteiger charge is -2.39. The van der Waals surface area contributed by atoms with Gasteiger partial charge in [0.25, 0.3) is 0 Å². The van der Waals surface area contributed by atoms with Crippen LogP contribution in [0.1, 0.15) is 75.9 Å². The van der Waals surface area contributed by atoms with E-state index in [9.17, 15) is 9.59 Å². The Bertz CT molecular complexity index is 1130. The van der Waals surface area contributed by atoms with Crippen molar-refractivity contribution in [2.75, 3.05) is 13.7 Å². The van der Waals surface area contributed by atoms with Crippen molar-refractivity contribution in [3.63, 3.8) is 0 Å². The normalized spacial score (nSPS) is 22.9. The van der Waals surface area contributed by atoms with Crippen LogP contribution in [-0.4, -0.2) is 31.4 Å². The number of aryl methyl sites for hydroxylation is 1. The van der Waals surface area contributed by atoms with Crippen molar-refractivity contribution in [3.8, 4) is 5.75 Å². The van der Waals surface area contributed by atoms with E-state index in [-0.39, 0.29) is 23.6 Å². The summed E-state index contributed by atoms with van der Waals surface area (Å²) in [6, 6.07) is 11.8. The summed E-state index contributed by atoms with van der Waals surface area (Å²) in [5.74, 6) is 0.891. The zero-order valence-electron chi connectivity index (χ0n) is 18.9. The highest BCUT2D eigenvalue weighted by Gasteiger charge is 2.42. The van der Waals surface area contributed by atoms with E-state index in [1.165, 1.54) is 19.1 Å². The van der Waals surface area contributed by atoms with E-state index in [0.717, 1.165) is 41.7 Å². The molecule has 3 atom stereocenters. The van der Waals surface area contributed by atoms with Gasteiger partial charge < -0.3 is 14.8 Å². The topological polar surface area (TPSA) is 64.6 Å². The Kier molecular flexibility index (Phi) is 5.38. The minimum Gasteiger partial charge on any atom is -0.465 e. The number of fused-ring (bicyclic) bond motifs is 3. The van der Waals surface area contributed by atoms with Crippen molar-refractivity contribution in [3.05, 3.63) is 75.5 Å². The van der Waals surface area contributed by atoms with Crippen LogP contribution in [0.3, 0.4) is 0 Å². The molecule has 5 rings (SSSR count). The summed E-state index contributed by atoms with van der Waals surface area (Å²) in [4.78, 5) is 26.0. The molecule has 2 heterocycles. The van der Waals surface area contributed by atoms with Crippen LogP contribution in [0.2, 0.25) is 0 Å². The molecule has 2 aromatic rings. The molecule has 0 saturated heterocycles. The Balaban J connectivity index is 1.64. The number of nitrogens with one attached hydrogen (secondary N) is 1. The maximum absolute atomic E-state index is 13.6. The van der Waals surface area contributed by atoms with Crippen molar-refractivity contribution >= 4 is 11.8 Å². The quantitative estimate of drug-likeness (QED) is 0.699. The number of ketones is 1. The second-order valence-corrected chi connectivity index (χ2v) is 9.15. The minimum atomic E-state index is -0.362. The Morgan fingerprint density at radius 3 is 2.81 bits per heavy atom. The molecule has 1 saturated carbocycles. The van der Waals surface area contributed by atoms with Gasteiger partial charge in [0, 0.05) is 24.1 Å². The molecule has 0 radical (unpaired) electrons. The molecule has 1 fully saturated rings. The van der Waals surface area contributed by atoms with Crippen LogP contribution >= 0.6 is 0 Å². The van der Waals surface area contributed by atoms with E-state index in [2.05, 4.69) is 18.3 Å². The number of carbonyl (C=O) groups is 2. The second-order valence-electron chi connectivity index (χ2n) is 9.15. The third-order valence-electron chi connectivity index (χ3n) is 7.17.